The van der Waals surface area contributed by atoms with Gasteiger partial charge in [0.25, 0.3) is 17.7 Å². The minimum atomic E-state index is -1.12. The van der Waals surface area contributed by atoms with Crippen molar-refractivity contribution in [3.05, 3.63) is 88.1 Å². The van der Waals surface area contributed by atoms with E-state index in [1.807, 2.05) is 0 Å². The van der Waals surface area contributed by atoms with Crippen LogP contribution in [-0.4, -0.2) is 61.2 Å². The van der Waals surface area contributed by atoms with E-state index in [1.165, 1.54) is 18.2 Å². The highest BCUT2D eigenvalue weighted by Gasteiger charge is 2.34. The third-order valence-electron chi connectivity index (χ3n) is 6.85. The number of halogens is 1. The lowest BCUT2D eigenvalue weighted by Crippen LogP contribution is -2.35. The number of nitrogens with zero attached hydrogens (tertiary/aromatic N) is 3. The van der Waals surface area contributed by atoms with Crippen LogP contribution in [0.15, 0.2) is 48.7 Å². The zero-order valence-electron chi connectivity index (χ0n) is 21.1. The van der Waals surface area contributed by atoms with E-state index in [0.717, 1.165) is 16.8 Å². The molecule has 6 rings (SSSR count). The van der Waals surface area contributed by atoms with E-state index in [9.17, 15) is 33.8 Å². The van der Waals surface area contributed by atoms with Crippen molar-refractivity contribution in [1.82, 2.24) is 25.2 Å². The van der Waals surface area contributed by atoms with E-state index >= 15 is 0 Å². The Morgan fingerprint density at radius 3 is 2.78 bits per heavy atom. The number of benzene rings is 2. The number of hydrogen-bond acceptors (Lipinski definition) is 8. The molecule has 14 heteroatoms. The summed E-state index contributed by atoms with van der Waals surface area (Å²) < 4.78 is 20.8. The lowest BCUT2D eigenvalue weighted by atomic mass is 10.0. The molecule has 1 aliphatic carbocycles. The summed E-state index contributed by atoms with van der Waals surface area (Å²) in [5, 5.41) is 31.7. The molecule has 3 amide bonds. The van der Waals surface area contributed by atoms with Crippen LogP contribution in [0.25, 0.3) is 5.65 Å². The number of nitrogens with one attached hydrogen (secondary N) is 3. The smallest absolute Gasteiger partial charge is 0.335 e. The number of ether oxygens (including phenoxy) is 1. The molecule has 3 heterocycles. The Bertz CT molecular complexity index is 1770. The number of carboxylic acid groups (broad SMARTS) is 1. The molecule has 0 saturated heterocycles. The number of aliphatic hydroxyl groups is 1. The zero-order chi connectivity index (χ0) is 28.8. The number of amides is 3. The van der Waals surface area contributed by atoms with Gasteiger partial charge in [-0.3, -0.25) is 14.4 Å². The normalized spacial score (nSPS) is 17.3. The number of aromatic nitrogens is 3. The fraction of sp³-hybridized carbons (Fsp3) is 0.185. The number of rotatable bonds is 6. The topological polar surface area (TPSA) is 184 Å². The number of fused-ring (bicyclic) bond motifs is 3. The summed E-state index contributed by atoms with van der Waals surface area (Å²) in [6.45, 7) is -0.0579. The van der Waals surface area contributed by atoms with Gasteiger partial charge in [-0.1, -0.05) is 12.1 Å². The van der Waals surface area contributed by atoms with Gasteiger partial charge in [-0.25, -0.2) is 18.7 Å². The zero-order valence-corrected chi connectivity index (χ0v) is 21.1. The van der Waals surface area contributed by atoms with Crippen LogP contribution in [0.2, 0.25) is 0 Å². The maximum absolute atomic E-state index is 14.5. The molecule has 208 valence electrons. The van der Waals surface area contributed by atoms with Crippen LogP contribution >= 0.6 is 0 Å². The second kappa shape index (κ2) is 9.98. The molecule has 2 aromatic heterocycles. The van der Waals surface area contributed by atoms with Crippen LogP contribution in [0.4, 0.5) is 10.1 Å². The molecule has 2 aliphatic rings. The fourth-order valence-electron chi connectivity index (χ4n) is 4.89. The Labute approximate surface area is 230 Å². The van der Waals surface area contributed by atoms with Gasteiger partial charge in [0, 0.05) is 19.0 Å². The summed E-state index contributed by atoms with van der Waals surface area (Å²) in [5.74, 6) is -3.24. The molecule has 13 nitrogen and oxygen atoms in total. The number of carbonyl (C=O) groups excluding carboxylic acids is 3. The highest BCUT2D eigenvalue weighted by atomic mass is 19.1. The maximum Gasteiger partial charge on any atom is 0.335 e. The van der Waals surface area contributed by atoms with Gasteiger partial charge in [0.1, 0.15) is 17.1 Å². The largest absolute Gasteiger partial charge is 0.482 e. The molecule has 2 aromatic carbocycles. The predicted octanol–water partition coefficient (Wildman–Crippen LogP) is 1.22. The first kappa shape index (κ1) is 25.9. The van der Waals surface area contributed by atoms with Gasteiger partial charge in [-0.15, -0.1) is 0 Å². The number of aromatic carboxylic acids is 1. The van der Waals surface area contributed by atoms with E-state index in [0.29, 0.717) is 28.1 Å². The summed E-state index contributed by atoms with van der Waals surface area (Å²) >= 11 is 0. The van der Waals surface area contributed by atoms with Gasteiger partial charge in [0.05, 0.1) is 29.6 Å². The maximum atomic E-state index is 14.5. The van der Waals surface area contributed by atoms with Crippen LogP contribution < -0.4 is 20.7 Å². The SMILES string of the molecule is O=C1COc2ccc(CNC(=O)c3cc(C(=O)N[C@@H]4c5ccc(C(=O)O)cc5C[C@@H]4O)n4ncc(F)c4n3)cc2N1. The minimum Gasteiger partial charge on any atom is -0.482 e. The molecule has 0 saturated carbocycles. The van der Waals surface area contributed by atoms with Crippen LogP contribution in [0, 0.1) is 5.82 Å². The van der Waals surface area contributed by atoms with Gasteiger partial charge in [-0.05, 0) is 41.0 Å². The second-order valence-electron chi connectivity index (χ2n) is 9.55. The standard InChI is InChI=1S/C27H21FN6O7/c28-16-10-30-34-19(26(38)33-23-15-3-2-13(27(39)40)6-14(15)7-20(23)35)8-18(32-24(16)34)25(37)29-9-12-1-4-21-17(5-12)31-22(36)11-41-21/h1-6,8,10,20,23,35H,7,9,11H2,(H,29,37)(H,31,36)(H,33,38)(H,39,40)/t20-,23+/m0/s1. The average Bonchev–Trinajstić information content (AvgIpc) is 3.48. The molecular weight excluding hydrogens is 539 g/mol. The molecular formula is C27H21FN6O7. The summed E-state index contributed by atoms with van der Waals surface area (Å²) in [5.41, 5.74) is 1.44. The highest BCUT2D eigenvalue weighted by molar-refractivity contribution is 5.99. The molecule has 0 fully saturated rings. The van der Waals surface area contributed by atoms with Crippen molar-refractivity contribution in [2.75, 3.05) is 11.9 Å². The van der Waals surface area contributed by atoms with Crippen LogP contribution in [0.1, 0.15) is 54.1 Å². The number of aliphatic hydroxyl groups excluding tert-OH is 1. The number of carboxylic acids is 1. The van der Waals surface area contributed by atoms with Crippen LogP contribution in [-0.2, 0) is 17.8 Å². The Morgan fingerprint density at radius 2 is 1.98 bits per heavy atom. The number of anilines is 1. The molecule has 0 radical (unpaired) electrons. The lowest BCUT2D eigenvalue weighted by molar-refractivity contribution is -0.118. The molecule has 0 bridgehead atoms. The second-order valence-corrected chi connectivity index (χ2v) is 9.55. The fourth-order valence-corrected chi connectivity index (χ4v) is 4.89. The minimum absolute atomic E-state index is 0.0293. The Balaban J connectivity index is 1.24. The first-order chi connectivity index (χ1) is 19.7. The molecule has 5 N–H and O–H groups in total. The summed E-state index contributed by atoms with van der Waals surface area (Å²) in [4.78, 5) is 53.3. The van der Waals surface area contributed by atoms with Crippen molar-refractivity contribution < 1.29 is 38.5 Å². The molecule has 0 unspecified atom stereocenters. The van der Waals surface area contributed by atoms with Gasteiger partial charge >= 0.3 is 5.97 Å². The van der Waals surface area contributed by atoms with E-state index in [4.69, 9.17) is 4.74 Å². The van der Waals surface area contributed by atoms with Crippen molar-refractivity contribution in [3.8, 4) is 5.75 Å². The number of hydrogen-bond donors (Lipinski definition) is 5. The third kappa shape index (κ3) is 4.80. The monoisotopic (exact) mass is 560 g/mol. The first-order valence-corrected chi connectivity index (χ1v) is 12.4. The molecule has 41 heavy (non-hydrogen) atoms. The molecule has 1 aliphatic heterocycles. The quantitative estimate of drug-likeness (QED) is 0.231. The van der Waals surface area contributed by atoms with E-state index in [-0.39, 0.29) is 48.1 Å². The van der Waals surface area contributed by atoms with Gasteiger partial charge in [-0.2, -0.15) is 5.10 Å². The van der Waals surface area contributed by atoms with Crippen molar-refractivity contribution >= 4 is 35.0 Å². The van der Waals surface area contributed by atoms with Gasteiger partial charge in [0.2, 0.25) is 0 Å². The Morgan fingerprint density at radius 1 is 1.15 bits per heavy atom. The van der Waals surface area contributed by atoms with Gasteiger partial charge in [0.15, 0.2) is 18.1 Å². The van der Waals surface area contributed by atoms with Crippen molar-refractivity contribution in [1.29, 1.82) is 0 Å². The highest BCUT2D eigenvalue weighted by Crippen LogP contribution is 2.33. The summed E-state index contributed by atoms with van der Waals surface area (Å²) in [7, 11) is 0. The van der Waals surface area contributed by atoms with Crippen molar-refractivity contribution in [3.63, 3.8) is 0 Å². The Hall–Kier alpha value is -5.37. The predicted molar refractivity (Wildman–Crippen MR) is 138 cm³/mol. The molecule has 0 spiro atoms. The van der Waals surface area contributed by atoms with E-state index in [1.54, 1.807) is 18.2 Å². The van der Waals surface area contributed by atoms with Crippen LogP contribution in [0.5, 0.6) is 5.75 Å². The number of carbonyl (C=O) groups is 4. The summed E-state index contributed by atoms with van der Waals surface area (Å²) in [6, 6.07) is 9.60. The molecule has 2 atom stereocenters. The third-order valence-corrected chi connectivity index (χ3v) is 6.85. The lowest BCUT2D eigenvalue weighted by Gasteiger charge is -2.19. The molecule has 4 aromatic rings. The van der Waals surface area contributed by atoms with Crippen LogP contribution in [0.3, 0.4) is 0 Å². The van der Waals surface area contributed by atoms with Crippen molar-refractivity contribution in [2.45, 2.75) is 25.1 Å². The van der Waals surface area contributed by atoms with E-state index in [2.05, 4.69) is 26.0 Å². The first-order valence-electron chi connectivity index (χ1n) is 12.4. The Kier molecular flexibility index (Phi) is 6.30. The summed E-state index contributed by atoms with van der Waals surface area (Å²) in [6.07, 6.45) is -0.0631. The average molecular weight is 560 g/mol. The van der Waals surface area contributed by atoms with E-state index < -0.39 is 35.7 Å². The van der Waals surface area contributed by atoms with Gasteiger partial charge < -0.3 is 30.9 Å². The van der Waals surface area contributed by atoms with Crippen molar-refractivity contribution in [2.24, 2.45) is 0 Å².